The Hall–Kier alpha value is -1.55. The molecule has 98 valence electrons. The maximum absolute atomic E-state index is 11.7. The van der Waals surface area contributed by atoms with Gasteiger partial charge in [0.15, 0.2) is 0 Å². The molecule has 0 aliphatic heterocycles. The van der Waals surface area contributed by atoms with Gasteiger partial charge in [0.05, 0.1) is 6.42 Å². The van der Waals surface area contributed by atoms with Crippen LogP contribution < -0.4 is 0 Å². The second-order valence-electron chi connectivity index (χ2n) is 4.05. The Bertz CT molecular complexity index is 434. The third kappa shape index (κ3) is 4.75. The van der Waals surface area contributed by atoms with Crippen LogP contribution in [0.25, 0.3) is 0 Å². The summed E-state index contributed by atoms with van der Waals surface area (Å²) in [5, 5.41) is 9.18. The number of carbonyl (C=O) groups is 2. The van der Waals surface area contributed by atoms with Gasteiger partial charge in [-0.3, -0.25) is 9.59 Å². The molecule has 1 rings (SSSR count). The average molecular weight is 270 g/mol. The molecular formula is C13H16ClNO3. The lowest BCUT2D eigenvalue weighted by Crippen LogP contribution is -2.29. The predicted octanol–water partition coefficient (Wildman–Crippen LogP) is 2.21. The monoisotopic (exact) mass is 269 g/mol. The number of aliphatic carboxylic acids is 1. The molecule has 1 amide bonds. The van der Waals surface area contributed by atoms with Crippen molar-refractivity contribution in [3.63, 3.8) is 0 Å². The van der Waals surface area contributed by atoms with Crippen molar-refractivity contribution in [3.8, 4) is 0 Å². The largest absolute Gasteiger partial charge is 0.481 e. The number of amides is 1. The van der Waals surface area contributed by atoms with Gasteiger partial charge in [-0.25, -0.2) is 0 Å². The number of carboxylic acids is 1. The molecule has 0 aliphatic carbocycles. The van der Waals surface area contributed by atoms with Gasteiger partial charge in [0.1, 0.15) is 0 Å². The maximum Gasteiger partial charge on any atom is 0.305 e. The minimum absolute atomic E-state index is 0.0334. The number of benzene rings is 1. The van der Waals surface area contributed by atoms with Crippen LogP contribution in [0.1, 0.15) is 18.4 Å². The standard InChI is InChI=1S/C13H16ClNO3/c1-15(9-8-13(17)18)12(16)7-6-10-4-2-3-5-11(10)14/h2-5H,6-9H2,1H3,(H,17,18). The van der Waals surface area contributed by atoms with Crippen molar-refractivity contribution in [1.29, 1.82) is 0 Å². The first-order valence-electron chi connectivity index (χ1n) is 5.70. The lowest BCUT2D eigenvalue weighted by Gasteiger charge is -2.16. The Morgan fingerprint density at radius 1 is 1.28 bits per heavy atom. The van der Waals surface area contributed by atoms with Gasteiger partial charge in [-0.1, -0.05) is 29.8 Å². The van der Waals surface area contributed by atoms with E-state index in [1.54, 1.807) is 13.1 Å². The quantitative estimate of drug-likeness (QED) is 0.861. The second-order valence-corrected chi connectivity index (χ2v) is 4.46. The van der Waals surface area contributed by atoms with Crippen molar-refractivity contribution in [2.75, 3.05) is 13.6 Å². The molecule has 0 atom stereocenters. The van der Waals surface area contributed by atoms with Crippen LogP contribution in [0.2, 0.25) is 5.02 Å². The highest BCUT2D eigenvalue weighted by Crippen LogP contribution is 2.16. The molecule has 0 fully saturated rings. The Kier molecular flexibility index (Phi) is 5.65. The summed E-state index contributed by atoms with van der Waals surface area (Å²) in [6.07, 6.45) is 0.865. The third-order valence-electron chi connectivity index (χ3n) is 2.65. The molecule has 0 radical (unpaired) electrons. The van der Waals surface area contributed by atoms with Gasteiger partial charge in [0, 0.05) is 25.0 Å². The third-order valence-corrected chi connectivity index (χ3v) is 3.02. The Labute approximate surface area is 111 Å². The van der Waals surface area contributed by atoms with Crippen LogP contribution in [0.15, 0.2) is 24.3 Å². The molecule has 1 N–H and O–H groups in total. The van der Waals surface area contributed by atoms with Crippen molar-refractivity contribution >= 4 is 23.5 Å². The van der Waals surface area contributed by atoms with Crippen molar-refractivity contribution in [2.45, 2.75) is 19.3 Å². The molecule has 4 nitrogen and oxygen atoms in total. The van der Waals surface area contributed by atoms with Crippen LogP contribution in [0.5, 0.6) is 0 Å². The SMILES string of the molecule is CN(CCC(=O)O)C(=O)CCc1ccccc1Cl. The highest BCUT2D eigenvalue weighted by molar-refractivity contribution is 6.31. The second kappa shape index (κ2) is 7.01. The van der Waals surface area contributed by atoms with Crippen molar-refractivity contribution in [3.05, 3.63) is 34.9 Å². The summed E-state index contributed by atoms with van der Waals surface area (Å²) in [5.74, 6) is -0.975. The molecule has 0 aliphatic rings. The van der Waals surface area contributed by atoms with Crippen molar-refractivity contribution < 1.29 is 14.7 Å². The van der Waals surface area contributed by atoms with Crippen LogP contribution in [0.3, 0.4) is 0 Å². The molecule has 0 bridgehead atoms. The van der Waals surface area contributed by atoms with E-state index in [2.05, 4.69) is 0 Å². The van der Waals surface area contributed by atoms with E-state index in [9.17, 15) is 9.59 Å². The van der Waals surface area contributed by atoms with E-state index in [1.165, 1.54) is 4.90 Å². The van der Waals surface area contributed by atoms with E-state index in [4.69, 9.17) is 16.7 Å². The van der Waals surface area contributed by atoms with Crippen LogP contribution in [0.4, 0.5) is 0 Å². The van der Waals surface area contributed by atoms with E-state index in [0.29, 0.717) is 17.9 Å². The van der Waals surface area contributed by atoms with Crippen LogP contribution >= 0.6 is 11.6 Å². The molecular weight excluding hydrogens is 254 g/mol. The number of halogens is 1. The van der Waals surface area contributed by atoms with Crippen molar-refractivity contribution in [2.24, 2.45) is 0 Å². The predicted molar refractivity (Wildman–Crippen MR) is 69.7 cm³/mol. The molecule has 0 saturated carbocycles. The fourth-order valence-electron chi connectivity index (χ4n) is 1.52. The molecule has 0 spiro atoms. The number of rotatable bonds is 6. The van der Waals surface area contributed by atoms with Gasteiger partial charge < -0.3 is 10.0 Å². The first-order valence-corrected chi connectivity index (χ1v) is 6.07. The fraction of sp³-hybridized carbons (Fsp3) is 0.385. The number of nitrogens with zero attached hydrogens (tertiary/aromatic N) is 1. The first-order chi connectivity index (χ1) is 8.50. The van der Waals surface area contributed by atoms with E-state index >= 15 is 0 Å². The van der Waals surface area contributed by atoms with Gasteiger partial charge in [-0.15, -0.1) is 0 Å². The van der Waals surface area contributed by atoms with Gasteiger partial charge in [0.25, 0.3) is 0 Å². The fourth-order valence-corrected chi connectivity index (χ4v) is 1.75. The minimum atomic E-state index is -0.902. The van der Waals surface area contributed by atoms with Crippen molar-refractivity contribution in [1.82, 2.24) is 4.90 Å². The summed E-state index contributed by atoms with van der Waals surface area (Å²) in [4.78, 5) is 23.6. The zero-order chi connectivity index (χ0) is 13.5. The van der Waals surface area contributed by atoms with Gasteiger partial charge in [-0.2, -0.15) is 0 Å². The molecule has 1 aromatic carbocycles. The molecule has 0 aromatic heterocycles. The Balaban J connectivity index is 2.41. The molecule has 18 heavy (non-hydrogen) atoms. The zero-order valence-corrected chi connectivity index (χ0v) is 11.0. The summed E-state index contributed by atoms with van der Waals surface area (Å²) < 4.78 is 0. The van der Waals surface area contributed by atoms with E-state index in [0.717, 1.165) is 5.56 Å². The molecule has 1 aromatic rings. The first kappa shape index (κ1) is 14.5. The summed E-state index contributed by atoms with van der Waals surface area (Å²) in [5.41, 5.74) is 0.930. The number of carbonyl (C=O) groups excluding carboxylic acids is 1. The minimum Gasteiger partial charge on any atom is -0.481 e. The number of aryl methyl sites for hydroxylation is 1. The van der Waals surface area contributed by atoms with Gasteiger partial charge in [0.2, 0.25) is 5.91 Å². The average Bonchev–Trinajstić information content (AvgIpc) is 2.34. The smallest absolute Gasteiger partial charge is 0.305 e. The lowest BCUT2D eigenvalue weighted by atomic mass is 10.1. The highest BCUT2D eigenvalue weighted by atomic mass is 35.5. The Morgan fingerprint density at radius 3 is 2.56 bits per heavy atom. The number of carboxylic acid groups (broad SMARTS) is 1. The normalized spacial score (nSPS) is 10.1. The van der Waals surface area contributed by atoms with Gasteiger partial charge in [-0.05, 0) is 18.1 Å². The molecule has 0 saturated heterocycles. The topological polar surface area (TPSA) is 57.6 Å². The van der Waals surface area contributed by atoms with Crippen LogP contribution in [-0.2, 0) is 16.0 Å². The number of hydrogen-bond donors (Lipinski definition) is 1. The zero-order valence-electron chi connectivity index (χ0n) is 10.2. The Morgan fingerprint density at radius 2 is 1.94 bits per heavy atom. The lowest BCUT2D eigenvalue weighted by molar-refractivity contribution is -0.138. The molecule has 0 unspecified atom stereocenters. The maximum atomic E-state index is 11.7. The summed E-state index contributed by atoms with van der Waals surface area (Å²) in [6.45, 7) is 0.233. The summed E-state index contributed by atoms with van der Waals surface area (Å²) >= 11 is 5.99. The molecule has 0 heterocycles. The summed E-state index contributed by atoms with van der Waals surface area (Å²) in [6, 6.07) is 7.38. The van der Waals surface area contributed by atoms with E-state index in [-0.39, 0.29) is 18.9 Å². The van der Waals surface area contributed by atoms with E-state index < -0.39 is 5.97 Å². The summed E-state index contributed by atoms with van der Waals surface area (Å²) in [7, 11) is 1.61. The molecule has 5 heteroatoms. The highest BCUT2D eigenvalue weighted by Gasteiger charge is 2.11. The van der Waals surface area contributed by atoms with Crippen LogP contribution in [-0.4, -0.2) is 35.5 Å². The van der Waals surface area contributed by atoms with E-state index in [1.807, 2.05) is 18.2 Å². The van der Waals surface area contributed by atoms with Gasteiger partial charge >= 0.3 is 5.97 Å². The number of hydrogen-bond acceptors (Lipinski definition) is 2. The van der Waals surface area contributed by atoms with Crippen LogP contribution in [0, 0.1) is 0 Å².